The predicted molar refractivity (Wildman–Crippen MR) is 76.5 cm³/mol. The molecule has 1 saturated carbocycles. The van der Waals surface area contributed by atoms with E-state index in [0.29, 0.717) is 18.1 Å². The highest BCUT2D eigenvalue weighted by Gasteiger charge is 2.28. The van der Waals surface area contributed by atoms with Crippen LogP contribution in [-0.4, -0.2) is 48.4 Å². The molecular weight excluding hydrogens is 279 g/mol. The quantitative estimate of drug-likeness (QED) is 0.856. The first-order valence-electron chi connectivity index (χ1n) is 7.10. The summed E-state index contributed by atoms with van der Waals surface area (Å²) in [7, 11) is 0. The topological polar surface area (TPSA) is 23.6 Å². The van der Waals surface area contributed by atoms with E-state index in [1.165, 1.54) is 31.0 Å². The van der Waals surface area contributed by atoms with Gasteiger partial charge in [0.25, 0.3) is 5.91 Å². The maximum absolute atomic E-state index is 13.7. The number of benzene rings is 1. The SMILES string of the molecule is O=C(c1cc(Cl)ccc1F)N1CCN(CC2CC2)CC1. The standard InChI is InChI=1S/C15H18ClFN2O/c16-12-3-4-14(17)13(9-12)15(20)19-7-5-18(6-8-19)10-11-1-2-11/h3-4,9,11H,1-2,5-8,10H2. The number of rotatable bonds is 3. The lowest BCUT2D eigenvalue weighted by molar-refractivity contribution is 0.0627. The van der Waals surface area contributed by atoms with Crippen molar-refractivity contribution in [3.63, 3.8) is 0 Å². The number of hydrogen-bond donors (Lipinski definition) is 0. The van der Waals surface area contributed by atoms with Crippen molar-refractivity contribution in [2.24, 2.45) is 5.92 Å². The second kappa shape index (κ2) is 5.70. The number of hydrogen-bond acceptors (Lipinski definition) is 2. The second-order valence-electron chi connectivity index (χ2n) is 5.66. The lowest BCUT2D eigenvalue weighted by atomic mass is 10.1. The molecule has 3 rings (SSSR count). The summed E-state index contributed by atoms with van der Waals surface area (Å²) in [5.74, 6) is 0.110. The zero-order chi connectivity index (χ0) is 14.1. The Bertz CT molecular complexity index is 511. The number of carbonyl (C=O) groups excluding carboxylic acids is 1. The first-order valence-corrected chi connectivity index (χ1v) is 7.48. The summed E-state index contributed by atoms with van der Waals surface area (Å²) < 4.78 is 13.7. The Labute approximate surface area is 123 Å². The zero-order valence-corrected chi connectivity index (χ0v) is 12.1. The highest BCUT2D eigenvalue weighted by atomic mass is 35.5. The van der Waals surface area contributed by atoms with Crippen molar-refractivity contribution in [1.29, 1.82) is 0 Å². The van der Waals surface area contributed by atoms with Crippen molar-refractivity contribution < 1.29 is 9.18 Å². The van der Waals surface area contributed by atoms with Gasteiger partial charge in [-0.3, -0.25) is 9.69 Å². The molecule has 1 saturated heterocycles. The molecule has 0 unspecified atom stereocenters. The van der Waals surface area contributed by atoms with Gasteiger partial charge in [-0.1, -0.05) is 11.6 Å². The van der Waals surface area contributed by atoms with Crippen molar-refractivity contribution in [1.82, 2.24) is 9.80 Å². The van der Waals surface area contributed by atoms with Gasteiger partial charge in [0.2, 0.25) is 0 Å². The van der Waals surface area contributed by atoms with Gasteiger partial charge >= 0.3 is 0 Å². The van der Waals surface area contributed by atoms with E-state index < -0.39 is 5.82 Å². The summed E-state index contributed by atoms with van der Waals surface area (Å²) >= 11 is 5.84. The fourth-order valence-corrected chi connectivity index (χ4v) is 2.80. The maximum Gasteiger partial charge on any atom is 0.256 e. The summed E-state index contributed by atoms with van der Waals surface area (Å²) in [6, 6.07) is 4.12. The highest BCUT2D eigenvalue weighted by molar-refractivity contribution is 6.31. The van der Waals surface area contributed by atoms with E-state index >= 15 is 0 Å². The molecule has 1 heterocycles. The minimum Gasteiger partial charge on any atom is -0.336 e. The minimum atomic E-state index is -0.500. The number of nitrogens with zero attached hydrogens (tertiary/aromatic N) is 2. The van der Waals surface area contributed by atoms with Crippen LogP contribution in [0.5, 0.6) is 0 Å². The van der Waals surface area contributed by atoms with Crippen LogP contribution in [0.2, 0.25) is 5.02 Å². The Kier molecular flexibility index (Phi) is 3.94. The van der Waals surface area contributed by atoms with Crippen molar-refractivity contribution >= 4 is 17.5 Å². The molecule has 3 nitrogen and oxygen atoms in total. The van der Waals surface area contributed by atoms with Crippen molar-refractivity contribution in [3.8, 4) is 0 Å². The molecule has 2 fully saturated rings. The molecule has 0 radical (unpaired) electrons. The third-order valence-electron chi connectivity index (χ3n) is 4.03. The molecule has 0 bridgehead atoms. The first-order chi connectivity index (χ1) is 9.63. The molecule has 1 aromatic rings. The molecule has 2 aliphatic rings. The summed E-state index contributed by atoms with van der Waals surface area (Å²) in [5, 5.41) is 0.391. The van der Waals surface area contributed by atoms with Crippen LogP contribution in [-0.2, 0) is 0 Å². The molecule has 1 aromatic carbocycles. The third kappa shape index (κ3) is 3.13. The van der Waals surface area contributed by atoms with Gasteiger partial charge in [-0.2, -0.15) is 0 Å². The van der Waals surface area contributed by atoms with Crippen LogP contribution in [0, 0.1) is 11.7 Å². The van der Waals surface area contributed by atoms with Crippen molar-refractivity contribution in [2.45, 2.75) is 12.8 Å². The van der Waals surface area contributed by atoms with Gasteiger partial charge in [0.15, 0.2) is 0 Å². The van der Waals surface area contributed by atoms with Crippen molar-refractivity contribution in [3.05, 3.63) is 34.6 Å². The van der Waals surface area contributed by atoms with Crippen LogP contribution in [0.4, 0.5) is 4.39 Å². The lowest BCUT2D eigenvalue weighted by Crippen LogP contribution is -2.49. The molecule has 0 atom stereocenters. The van der Waals surface area contributed by atoms with Crippen LogP contribution in [0.1, 0.15) is 23.2 Å². The van der Waals surface area contributed by atoms with Gasteiger partial charge in [-0.25, -0.2) is 4.39 Å². The Morgan fingerprint density at radius 1 is 1.25 bits per heavy atom. The fourth-order valence-electron chi connectivity index (χ4n) is 2.63. The second-order valence-corrected chi connectivity index (χ2v) is 6.10. The van der Waals surface area contributed by atoms with Crippen LogP contribution in [0.25, 0.3) is 0 Å². The van der Waals surface area contributed by atoms with Crippen LogP contribution in [0.15, 0.2) is 18.2 Å². The largest absolute Gasteiger partial charge is 0.336 e. The Morgan fingerprint density at radius 3 is 2.60 bits per heavy atom. The average molecular weight is 297 g/mol. The predicted octanol–water partition coefficient (Wildman–Crippen LogP) is 2.65. The Hall–Kier alpha value is -1.13. The van der Waals surface area contributed by atoms with Gasteiger partial charge in [-0.05, 0) is 37.0 Å². The molecule has 1 amide bonds. The van der Waals surface area contributed by atoms with E-state index in [1.807, 2.05) is 0 Å². The average Bonchev–Trinajstić information content (AvgIpc) is 3.26. The Morgan fingerprint density at radius 2 is 1.95 bits per heavy atom. The zero-order valence-electron chi connectivity index (χ0n) is 11.3. The van der Waals surface area contributed by atoms with Gasteiger partial charge in [0.05, 0.1) is 5.56 Å². The molecule has 5 heteroatoms. The van der Waals surface area contributed by atoms with E-state index in [0.717, 1.165) is 25.6 Å². The van der Waals surface area contributed by atoms with Crippen molar-refractivity contribution in [2.75, 3.05) is 32.7 Å². The van der Waals surface area contributed by atoms with Crippen LogP contribution >= 0.6 is 11.6 Å². The summed E-state index contributed by atoms with van der Waals surface area (Å²) in [5.41, 5.74) is 0.0770. The highest BCUT2D eigenvalue weighted by Crippen LogP contribution is 2.30. The number of amides is 1. The molecular formula is C15H18ClFN2O. The van der Waals surface area contributed by atoms with Crippen LogP contribution in [0.3, 0.4) is 0 Å². The van der Waals surface area contributed by atoms with E-state index in [1.54, 1.807) is 4.90 Å². The fraction of sp³-hybridized carbons (Fsp3) is 0.533. The summed E-state index contributed by atoms with van der Waals surface area (Å²) in [6.07, 6.45) is 2.68. The van der Waals surface area contributed by atoms with Gasteiger partial charge in [0.1, 0.15) is 5.82 Å². The molecule has 1 aliphatic heterocycles. The molecule has 0 aromatic heterocycles. The molecule has 1 aliphatic carbocycles. The van der Waals surface area contributed by atoms with E-state index in [9.17, 15) is 9.18 Å². The molecule has 20 heavy (non-hydrogen) atoms. The lowest BCUT2D eigenvalue weighted by Gasteiger charge is -2.34. The summed E-state index contributed by atoms with van der Waals surface area (Å²) in [4.78, 5) is 16.4. The van der Waals surface area contributed by atoms with E-state index in [-0.39, 0.29) is 11.5 Å². The molecule has 108 valence electrons. The smallest absolute Gasteiger partial charge is 0.256 e. The summed E-state index contributed by atoms with van der Waals surface area (Å²) in [6.45, 7) is 4.23. The van der Waals surface area contributed by atoms with E-state index in [2.05, 4.69) is 4.90 Å². The van der Waals surface area contributed by atoms with E-state index in [4.69, 9.17) is 11.6 Å². The normalized spacial score (nSPS) is 20.2. The minimum absolute atomic E-state index is 0.0770. The van der Waals surface area contributed by atoms with Gasteiger partial charge in [0, 0.05) is 37.7 Å². The van der Waals surface area contributed by atoms with Gasteiger partial charge in [-0.15, -0.1) is 0 Å². The van der Waals surface area contributed by atoms with Crippen LogP contribution < -0.4 is 0 Å². The Balaban J connectivity index is 1.61. The third-order valence-corrected chi connectivity index (χ3v) is 4.27. The molecule has 0 spiro atoms. The first kappa shape index (κ1) is 13.8. The monoisotopic (exact) mass is 296 g/mol. The maximum atomic E-state index is 13.7. The number of halogens is 2. The number of carbonyl (C=O) groups is 1. The number of piperazine rings is 1. The molecule has 0 N–H and O–H groups in total. The van der Waals surface area contributed by atoms with Gasteiger partial charge < -0.3 is 4.90 Å².